The fraction of sp³-hybridized carbons (Fsp3) is 0.263. The number of methoxy groups -OCH3 is 1. The summed E-state index contributed by atoms with van der Waals surface area (Å²) in [6.45, 7) is 3.05. The number of aliphatic imine (C=N–C) groups is 1. The first-order valence-electron chi connectivity index (χ1n) is 8.54. The Bertz CT molecular complexity index is 954. The molecule has 142 valence electrons. The van der Waals surface area contributed by atoms with Crippen molar-refractivity contribution in [2.75, 3.05) is 26.1 Å². The molecule has 3 rings (SSSR count). The second kappa shape index (κ2) is 8.77. The Morgan fingerprint density at radius 3 is 2.81 bits per heavy atom. The van der Waals surface area contributed by atoms with Crippen LogP contribution in [0.1, 0.15) is 12.6 Å². The van der Waals surface area contributed by atoms with Crippen molar-refractivity contribution in [2.24, 2.45) is 4.99 Å². The summed E-state index contributed by atoms with van der Waals surface area (Å²) in [6.07, 6.45) is 3.96. The lowest BCUT2D eigenvalue weighted by atomic mass is 10.2. The molecular weight excluding hydrogens is 410 g/mol. The van der Waals surface area contributed by atoms with Crippen molar-refractivity contribution in [3.63, 3.8) is 0 Å². The summed E-state index contributed by atoms with van der Waals surface area (Å²) in [4.78, 5) is 8.85. The van der Waals surface area contributed by atoms with Crippen LogP contribution in [0.2, 0.25) is 0 Å². The Morgan fingerprint density at radius 2 is 2.07 bits per heavy atom. The van der Waals surface area contributed by atoms with E-state index in [4.69, 9.17) is 9.47 Å². The first-order valence-corrected chi connectivity index (χ1v) is 9.34. The highest BCUT2D eigenvalue weighted by Gasteiger charge is 2.08. The highest BCUT2D eigenvalue weighted by atomic mass is 79.9. The molecule has 0 unspecified atom stereocenters. The average Bonchev–Trinajstić information content (AvgIpc) is 3.07. The number of rotatable bonds is 6. The van der Waals surface area contributed by atoms with Crippen LogP contribution >= 0.6 is 15.9 Å². The molecule has 8 heteroatoms. The minimum Gasteiger partial charge on any atom is -0.493 e. The van der Waals surface area contributed by atoms with E-state index in [1.54, 1.807) is 14.2 Å². The number of hydrogen-bond donors (Lipinski definition) is 2. The predicted octanol–water partition coefficient (Wildman–Crippen LogP) is 3.69. The van der Waals surface area contributed by atoms with E-state index in [-0.39, 0.29) is 0 Å². The maximum absolute atomic E-state index is 5.61. The molecule has 27 heavy (non-hydrogen) atoms. The van der Waals surface area contributed by atoms with Gasteiger partial charge in [-0.1, -0.05) is 0 Å². The summed E-state index contributed by atoms with van der Waals surface area (Å²) in [6, 6.07) is 9.60. The van der Waals surface area contributed by atoms with Gasteiger partial charge in [0.05, 0.1) is 26.0 Å². The lowest BCUT2D eigenvalue weighted by Gasteiger charge is -2.14. The van der Waals surface area contributed by atoms with E-state index in [2.05, 4.69) is 36.5 Å². The minimum atomic E-state index is 0.549. The zero-order chi connectivity index (χ0) is 19.2. The van der Waals surface area contributed by atoms with Crippen LogP contribution in [0.15, 0.2) is 52.2 Å². The Kier molecular flexibility index (Phi) is 6.18. The maximum atomic E-state index is 5.61. The molecule has 0 aliphatic carbocycles. The van der Waals surface area contributed by atoms with E-state index < -0.39 is 0 Å². The van der Waals surface area contributed by atoms with E-state index in [9.17, 15) is 0 Å². The van der Waals surface area contributed by atoms with Crippen LogP contribution in [0.3, 0.4) is 0 Å². The first-order chi connectivity index (χ1) is 13.1. The van der Waals surface area contributed by atoms with Crippen molar-refractivity contribution >= 4 is 33.2 Å². The zero-order valence-corrected chi connectivity index (χ0v) is 17.1. The summed E-state index contributed by atoms with van der Waals surface area (Å²) in [5, 5.41) is 6.52. The van der Waals surface area contributed by atoms with Crippen LogP contribution < -0.4 is 20.1 Å². The molecule has 1 aromatic carbocycles. The molecule has 0 amide bonds. The van der Waals surface area contributed by atoms with Crippen LogP contribution in [-0.2, 0) is 6.54 Å². The van der Waals surface area contributed by atoms with Gasteiger partial charge in [0, 0.05) is 35.7 Å². The van der Waals surface area contributed by atoms with Gasteiger partial charge in [0.2, 0.25) is 0 Å². The van der Waals surface area contributed by atoms with E-state index in [1.165, 1.54) is 0 Å². The van der Waals surface area contributed by atoms with Gasteiger partial charge >= 0.3 is 0 Å². The molecule has 0 fully saturated rings. The number of fused-ring (bicyclic) bond motifs is 1. The topological polar surface area (TPSA) is 72.2 Å². The van der Waals surface area contributed by atoms with Gasteiger partial charge in [-0.3, -0.25) is 4.99 Å². The van der Waals surface area contributed by atoms with Gasteiger partial charge in [0.15, 0.2) is 17.5 Å². The van der Waals surface area contributed by atoms with E-state index in [0.717, 1.165) is 21.5 Å². The molecule has 0 spiro atoms. The molecule has 2 N–H and O–H groups in total. The number of anilines is 1. The van der Waals surface area contributed by atoms with Gasteiger partial charge in [0.25, 0.3) is 0 Å². The third-order valence-corrected chi connectivity index (χ3v) is 4.32. The molecule has 3 aromatic rings. The molecule has 0 aliphatic heterocycles. The smallest absolute Gasteiger partial charge is 0.195 e. The monoisotopic (exact) mass is 431 g/mol. The molecule has 0 saturated carbocycles. The van der Waals surface area contributed by atoms with Gasteiger partial charge in [-0.2, -0.15) is 0 Å². The zero-order valence-electron chi connectivity index (χ0n) is 15.5. The number of guanidine groups is 1. The molecule has 7 nitrogen and oxygen atoms in total. The molecule has 0 atom stereocenters. The Hall–Kier alpha value is -2.74. The highest BCUT2D eigenvalue weighted by molar-refractivity contribution is 9.10. The third-order valence-electron chi connectivity index (χ3n) is 3.85. The van der Waals surface area contributed by atoms with Crippen molar-refractivity contribution < 1.29 is 9.47 Å². The fourth-order valence-electron chi connectivity index (χ4n) is 2.62. The summed E-state index contributed by atoms with van der Waals surface area (Å²) < 4.78 is 13.9. The van der Waals surface area contributed by atoms with Gasteiger partial charge in [0.1, 0.15) is 5.65 Å². The highest BCUT2D eigenvalue weighted by Crippen LogP contribution is 2.30. The maximum Gasteiger partial charge on any atom is 0.195 e. The van der Waals surface area contributed by atoms with Crippen molar-refractivity contribution in [3.8, 4) is 11.5 Å². The van der Waals surface area contributed by atoms with E-state index >= 15 is 0 Å². The Balaban J connectivity index is 1.67. The number of benzene rings is 1. The van der Waals surface area contributed by atoms with Gasteiger partial charge < -0.3 is 24.5 Å². The van der Waals surface area contributed by atoms with Crippen LogP contribution in [-0.4, -0.2) is 36.1 Å². The first kappa shape index (κ1) is 19.0. The van der Waals surface area contributed by atoms with Crippen molar-refractivity contribution in [1.82, 2.24) is 14.7 Å². The standard InChI is InChI=1S/C19H22BrN5O2/c1-4-27-17-9-14(6-7-16(17)26-3)24-19(21-2)22-10-15-12-25-11-13(20)5-8-18(25)23-15/h5-9,11-12H,4,10H2,1-3H3,(H2,21,22,24). The lowest BCUT2D eigenvalue weighted by molar-refractivity contribution is 0.311. The van der Waals surface area contributed by atoms with Crippen LogP contribution in [0.5, 0.6) is 11.5 Å². The predicted molar refractivity (Wildman–Crippen MR) is 111 cm³/mol. The van der Waals surface area contributed by atoms with Gasteiger partial charge in [-0.25, -0.2) is 4.98 Å². The van der Waals surface area contributed by atoms with Crippen LogP contribution in [0.25, 0.3) is 5.65 Å². The molecule has 0 radical (unpaired) electrons. The number of aromatic nitrogens is 2. The van der Waals surface area contributed by atoms with Crippen molar-refractivity contribution in [1.29, 1.82) is 0 Å². The van der Waals surface area contributed by atoms with Crippen LogP contribution in [0.4, 0.5) is 5.69 Å². The second-order valence-electron chi connectivity index (χ2n) is 5.69. The van der Waals surface area contributed by atoms with Crippen molar-refractivity contribution in [3.05, 3.63) is 52.9 Å². The summed E-state index contributed by atoms with van der Waals surface area (Å²) in [7, 11) is 3.35. The van der Waals surface area contributed by atoms with Gasteiger partial charge in [-0.05, 0) is 47.1 Å². The summed E-state index contributed by atoms with van der Waals surface area (Å²) >= 11 is 3.47. The van der Waals surface area contributed by atoms with Crippen LogP contribution in [0, 0.1) is 0 Å². The third kappa shape index (κ3) is 4.71. The molecule has 2 aromatic heterocycles. The largest absolute Gasteiger partial charge is 0.493 e. The Morgan fingerprint density at radius 1 is 1.22 bits per heavy atom. The molecule has 2 heterocycles. The van der Waals surface area contributed by atoms with Crippen molar-refractivity contribution in [2.45, 2.75) is 13.5 Å². The SMILES string of the molecule is CCOc1cc(NC(=NC)NCc2cn3cc(Br)ccc3n2)ccc1OC. The number of nitrogens with one attached hydrogen (secondary N) is 2. The number of nitrogens with zero attached hydrogens (tertiary/aromatic N) is 3. The number of imidazole rings is 1. The van der Waals surface area contributed by atoms with Gasteiger partial charge in [-0.15, -0.1) is 0 Å². The second-order valence-corrected chi connectivity index (χ2v) is 6.61. The minimum absolute atomic E-state index is 0.549. The molecule has 0 saturated heterocycles. The number of pyridine rings is 1. The fourth-order valence-corrected chi connectivity index (χ4v) is 2.97. The quantitative estimate of drug-likeness (QED) is 0.459. The molecule has 0 bridgehead atoms. The number of ether oxygens (including phenoxy) is 2. The molecule has 0 aliphatic rings. The average molecular weight is 432 g/mol. The Labute approximate surface area is 166 Å². The normalized spacial score (nSPS) is 11.5. The lowest BCUT2D eigenvalue weighted by Crippen LogP contribution is -2.30. The number of halogens is 1. The summed E-state index contributed by atoms with van der Waals surface area (Å²) in [5.41, 5.74) is 2.67. The molecular formula is C19H22BrN5O2. The summed E-state index contributed by atoms with van der Waals surface area (Å²) in [5.74, 6) is 2.02. The van der Waals surface area contributed by atoms with E-state index in [1.807, 2.05) is 54.0 Å². The van der Waals surface area contributed by atoms with E-state index in [0.29, 0.717) is 30.6 Å². The number of hydrogen-bond acceptors (Lipinski definition) is 4.